The van der Waals surface area contributed by atoms with E-state index < -0.39 is 0 Å². The largest absolute Gasteiger partial charge is 0.324 e. The van der Waals surface area contributed by atoms with Gasteiger partial charge in [-0.05, 0) is 36.0 Å². The third-order valence-electron chi connectivity index (χ3n) is 4.11. The molecule has 2 unspecified atom stereocenters. The van der Waals surface area contributed by atoms with Crippen molar-refractivity contribution in [2.45, 2.75) is 33.1 Å². The second kappa shape index (κ2) is 4.10. The predicted octanol–water partition coefficient (Wildman–Crippen LogP) is 3.32. The van der Waals surface area contributed by atoms with Gasteiger partial charge in [-0.3, -0.25) is 4.99 Å². The first-order valence-electron chi connectivity index (χ1n) is 6.44. The van der Waals surface area contributed by atoms with E-state index in [2.05, 4.69) is 24.2 Å². The van der Waals surface area contributed by atoms with Crippen LogP contribution in [0.4, 0.5) is 0 Å². The summed E-state index contributed by atoms with van der Waals surface area (Å²) in [5.74, 6) is 2.38. The van der Waals surface area contributed by atoms with Gasteiger partial charge in [-0.1, -0.05) is 32.0 Å². The van der Waals surface area contributed by atoms with Crippen LogP contribution in [0.2, 0.25) is 0 Å². The fourth-order valence-electron chi connectivity index (χ4n) is 3.13. The first-order chi connectivity index (χ1) is 7.75. The third kappa shape index (κ3) is 1.69. The van der Waals surface area contributed by atoms with Crippen LogP contribution >= 0.6 is 11.8 Å². The monoisotopic (exact) mass is 236 g/mol. The van der Waals surface area contributed by atoms with Gasteiger partial charge in [-0.15, -0.1) is 0 Å². The van der Waals surface area contributed by atoms with Crippen LogP contribution in [0.25, 0.3) is 0 Å². The molecule has 0 radical (unpaired) electrons. The normalized spacial score (nSPS) is 33.3. The number of hydrogen-bond acceptors (Lipinski definition) is 3. The molecule has 2 atom stereocenters. The Morgan fingerprint density at radius 2 is 2.19 bits per heavy atom. The molecule has 3 rings (SSSR count). The highest BCUT2D eigenvalue weighted by Gasteiger charge is 2.35. The van der Waals surface area contributed by atoms with Crippen LogP contribution in [0.5, 0.6) is 0 Å². The zero-order chi connectivity index (χ0) is 11.1. The molecule has 1 aliphatic carbocycles. The summed E-state index contributed by atoms with van der Waals surface area (Å²) in [7, 11) is 0. The molecule has 3 heteroatoms. The van der Waals surface area contributed by atoms with E-state index in [9.17, 15) is 0 Å². The van der Waals surface area contributed by atoms with Crippen molar-refractivity contribution >= 4 is 16.9 Å². The second-order valence-corrected chi connectivity index (χ2v) is 6.34. The van der Waals surface area contributed by atoms with E-state index in [0.717, 1.165) is 18.4 Å². The summed E-state index contributed by atoms with van der Waals surface area (Å²) in [6.07, 6.45) is 4.24. The van der Waals surface area contributed by atoms with E-state index in [1.807, 2.05) is 11.8 Å². The highest BCUT2D eigenvalue weighted by atomic mass is 32.2. The number of amidine groups is 1. The van der Waals surface area contributed by atoms with E-state index in [4.69, 9.17) is 4.99 Å². The molecule has 3 aliphatic rings. The van der Waals surface area contributed by atoms with Crippen LogP contribution in [-0.4, -0.2) is 23.2 Å². The van der Waals surface area contributed by atoms with Crippen molar-refractivity contribution in [2.24, 2.45) is 22.7 Å². The van der Waals surface area contributed by atoms with Gasteiger partial charge in [-0.25, -0.2) is 0 Å². The molecular formula is C13H20N2S. The lowest BCUT2D eigenvalue weighted by Gasteiger charge is -2.26. The lowest BCUT2D eigenvalue weighted by molar-refractivity contribution is 0.327. The molecule has 0 bridgehead atoms. The molecule has 1 saturated carbocycles. The molecule has 0 N–H and O–H groups in total. The Hall–Kier alpha value is -0.440. The Labute approximate surface area is 102 Å². The van der Waals surface area contributed by atoms with E-state index in [-0.39, 0.29) is 0 Å². The molecule has 0 aromatic carbocycles. The summed E-state index contributed by atoms with van der Waals surface area (Å²) in [6.45, 7) is 6.86. The average Bonchev–Trinajstić information content (AvgIpc) is 2.81. The van der Waals surface area contributed by atoms with Gasteiger partial charge >= 0.3 is 0 Å². The Balaban J connectivity index is 1.84. The second-order valence-electron chi connectivity index (χ2n) is 5.50. The fourth-order valence-corrected chi connectivity index (χ4v) is 4.21. The minimum absolute atomic E-state index is 0.623. The first kappa shape index (κ1) is 10.7. The average molecular weight is 236 g/mol. The van der Waals surface area contributed by atoms with Crippen LogP contribution in [0.1, 0.15) is 33.1 Å². The van der Waals surface area contributed by atoms with E-state index >= 15 is 0 Å². The summed E-state index contributed by atoms with van der Waals surface area (Å²) >= 11 is 1.83. The van der Waals surface area contributed by atoms with Gasteiger partial charge in [0.15, 0.2) is 5.17 Å². The Morgan fingerprint density at radius 1 is 1.38 bits per heavy atom. The highest BCUT2D eigenvalue weighted by molar-refractivity contribution is 8.16. The molecule has 2 nitrogen and oxygen atoms in total. The van der Waals surface area contributed by atoms with Gasteiger partial charge in [0.1, 0.15) is 0 Å². The van der Waals surface area contributed by atoms with Crippen molar-refractivity contribution in [3.8, 4) is 0 Å². The number of fused-ring (bicyclic) bond motifs is 2. The van der Waals surface area contributed by atoms with Crippen LogP contribution in [0, 0.1) is 17.8 Å². The van der Waals surface area contributed by atoms with E-state index in [1.54, 1.807) is 0 Å². The van der Waals surface area contributed by atoms with Crippen molar-refractivity contribution in [1.29, 1.82) is 0 Å². The van der Waals surface area contributed by atoms with Gasteiger partial charge < -0.3 is 4.90 Å². The maximum Gasteiger partial charge on any atom is 0.167 e. The van der Waals surface area contributed by atoms with Crippen LogP contribution in [0.3, 0.4) is 0 Å². The number of rotatable bonds is 1. The molecule has 1 fully saturated rings. The predicted molar refractivity (Wildman–Crippen MR) is 70.4 cm³/mol. The summed E-state index contributed by atoms with van der Waals surface area (Å²) in [4.78, 5) is 7.31. The molecule has 0 amide bonds. The number of aliphatic imine (C=N–C) groups is 1. The van der Waals surface area contributed by atoms with Gasteiger partial charge in [-0.2, -0.15) is 0 Å². The zero-order valence-corrected chi connectivity index (χ0v) is 11.0. The minimum Gasteiger partial charge on any atom is -0.324 e. The zero-order valence-electron chi connectivity index (χ0n) is 10.1. The summed E-state index contributed by atoms with van der Waals surface area (Å²) in [6, 6.07) is 0. The van der Waals surface area contributed by atoms with Crippen molar-refractivity contribution in [3.05, 3.63) is 11.1 Å². The van der Waals surface area contributed by atoms with Crippen molar-refractivity contribution in [2.75, 3.05) is 13.1 Å². The number of allylic oxidation sites excluding steroid dienone is 1. The smallest absolute Gasteiger partial charge is 0.167 e. The standard InChI is InChI=1S/C13H20N2S/c1-9(2)12-8-16-13-14-6-10-4-3-5-11(10)7-15(12)13/h8-11H,3-7H2,1-2H3. The molecule has 2 aliphatic heterocycles. The fraction of sp³-hybridized carbons (Fsp3) is 0.769. The lowest BCUT2D eigenvalue weighted by atomic mass is 9.95. The van der Waals surface area contributed by atoms with Crippen molar-refractivity contribution in [3.63, 3.8) is 0 Å². The molecule has 0 saturated heterocycles. The van der Waals surface area contributed by atoms with Gasteiger partial charge in [0, 0.05) is 18.8 Å². The molecule has 88 valence electrons. The van der Waals surface area contributed by atoms with E-state index in [0.29, 0.717) is 5.92 Å². The Morgan fingerprint density at radius 3 is 3.00 bits per heavy atom. The van der Waals surface area contributed by atoms with Crippen LogP contribution < -0.4 is 0 Å². The summed E-state index contributed by atoms with van der Waals surface area (Å²) < 4.78 is 0. The molecule has 0 aromatic rings. The molecule has 0 spiro atoms. The maximum absolute atomic E-state index is 4.81. The maximum atomic E-state index is 4.81. The number of nitrogens with zero attached hydrogens (tertiary/aromatic N) is 2. The summed E-state index contributed by atoms with van der Waals surface area (Å²) in [5.41, 5.74) is 1.48. The molecule has 16 heavy (non-hydrogen) atoms. The van der Waals surface area contributed by atoms with E-state index in [1.165, 1.54) is 36.7 Å². The number of thioether (sulfide) groups is 1. The van der Waals surface area contributed by atoms with Gasteiger partial charge in [0.25, 0.3) is 0 Å². The SMILES string of the molecule is CC(C)C1=CSC2=NCC3CCCC3CN12. The summed E-state index contributed by atoms with van der Waals surface area (Å²) in [5, 5.41) is 3.57. The third-order valence-corrected chi connectivity index (χ3v) is 5.03. The highest BCUT2D eigenvalue weighted by Crippen LogP contribution is 2.40. The molecule has 2 heterocycles. The van der Waals surface area contributed by atoms with Crippen LogP contribution in [0.15, 0.2) is 16.1 Å². The minimum atomic E-state index is 0.623. The van der Waals surface area contributed by atoms with Gasteiger partial charge in [0.05, 0.1) is 0 Å². The van der Waals surface area contributed by atoms with Crippen LogP contribution in [-0.2, 0) is 0 Å². The van der Waals surface area contributed by atoms with Crippen molar-refractivity contribution < 1.29 is 0 Å². The molecular weight excluding hydrogens is 216 g/mol. The quantitative estimate of drug-likeness (QED) is 0.694. The topological polar surface area (TPSA) is 15.6 Å². The lowest BCUT2D eigenvalue weighted by Crippen LogP contribution is -2.31. The first-order valence-corrected chi connectivity index (χ1v) is 7.32. The number of hydrogen-bond donors (Lipinski definition) is 0. The van der Waals surface area contributed by atoms with Gasteiger partial charge in [0.2, 0.25) is 0 Å². The Bertz CT molecular complexity index is 346. The molecule has 0 aromatic heterocycles. The Kier molecular flexibility index (Phi) is 2.74. The van der Waals surface area contributed by atoms with Crippen molar-refractivity contribution in [1.82, 2.24) is 4.90 Å².